The summed E-state index contributed by atoms with van der Waals surface area (Å²) in [7, 11) is 3.59. The number of carbonyl (C=O) groups excluding carboxylic acids is 1. The van der Waals surface area contributed by atoms with Gasteiger partial charge in [-0.2, -0.15) is 4.98 Å². The van der Waals surface area contributed by atoms with Crippen LogP contribution in [0, 0.1) is 0 Å². The smallest absolute Gasteiger partial charge is 0.320 e. The Morgan fingerprint density at radius 2 is 1.72 bits per heavy atom. The lowest BCUT2D eigenvalue weighted by Crippen LogP contribution is -2.32. The second-order valence-corrected chi connectivity index (χ2v) is 10.7. The number of rotatable bonds is 10. The van der Waals surface area contributed by atoms with Crippen LogP contribution in [-0.4, -0.2) is 47.3 Å². The monoisotopic (exact) mass is 527 g/mol. The molecule has 0 saturated carbocycles. The number of aromatic nitrogens is 2. The average Bonchev–Trinajstić information content (AvgIpc) is 3.38. The van der Waals surface area contributed by atoms with Gasteiger partial charge < -0.3 is 14.0 Å². The molecule has 0 amide bonds. The van der Waals surface area contributed by atoms with E-state index in [2.05, 4.69) is 48.5 Å². The van der Waals surface area contributed by atoms with E-state index in [0.29, 0.717) is 24.9 Å². The fourth-order valence-corrected chi connectivity index (χ4v) is 4.58. The molecule has 1 aromatic heterocycles. The SMILES string of the molecule is CCc1ccccc1-c1ccc(-c2nc(-c3cccc(CN(C)CC(=O)OC(C)(C)C)c3)no2)cc1COC. The summed E-state index contributed by atoms with van der Waals surface area (Å²) in [5, 5.41) is 4.25. The molecule has 0 aliphatic heterocycles. The maximum Gasteiger partial charge on any atom is 0.320 e. The number of likely N-dealkylation sites (N-methyl/N-ethyl adjacent to an activating group) is 1. The lowest BCUT2D eigenvalue weighted by molar-refractivity contribution is -0.155. The van der Waals surface area contributed by atoms with E-state index in [-0.39, 0.29) is 12.5 Å². The van der Waals surface area contributed by atoms with E-state index in [1.54, 1.807) is 7.11 Å². The van der Waals surface area contributed by atoms with Crippen LogP contribution < -0.4 is 0 Å². The highest BCUT2D eigenvalue weighted by Crippen LogP contribution is 2.32. The molecule has 1 heterocycles. The van der Waals surface area contributed by atoms with E-state index in [0.717, 1.165) is 34.2 Å². The van der Waals surface area contributed by atoms with Gasteiger partial charge >= 0.3 is 5.97 Å². The topological polar surface area (TPSA) is 77.7 Å². The average molecular weight is 528 g/mol. The number of benzene rings is 3. The van der Waals surface area contributed by atoms with Crippen LogP contribution in [0.5, 0.6) is 0 Å². The van der Waals surface area contributed by atoms with Crippen molar-refractivity contribution in [3.8, 4) is 34.0 Å². The Balaban J connectivity index is 1.53. The fourth-order valence-electron chi connectivity index (χ4n) is 4.58. The van der Waals surface area contributed by atoms with E-state index < -0.39 is 5.60 Å². The number of esters is 1. The predicted octanol–water partition coefficient (Wildman–Crippen LogP) is 6.55. The molecule has 0 bridgehead atoms. The molecule has 0 aliphatic carbocycles. The molecule has 0 saturated heterocycles. The zero-order valence-electron chi connectivity index (χ0n) is 23.7. The standard InChI is InChI=1S/C32H37N3O4/c1-7-23-12-8-9-14-27(23)28-16-15-25(18-26(28)21-37-6)31-33-30(34-39-31)24-13-10-11-22(17-24)19-35(5)20-29(36)38-32(2,3)4/h8-18H,7,19-21H2,1-6H3. The summed E-state index contributed by atoms with van der Waals surface area (Å²) in [5.41, 5.74) is 6.92. The zero-order valence-corrected chi connectivity index (χ0v) is 23.7. The van der Waals surface area contributed by atoms with Crippen LogP contribution in [0.25, 0.3) is 34.0 Å². The first-order chi connectivity index (χ1) is 18.7. The highest BCUT2D eigenvalue weighted by Gasteiger charge is 2.18. The van der Waals surface area contributed by atoms with Crippen molar-refractivity contribution in [2.75, 3.05) is 20.7 Å². The lowest BCUT2D eigenvalue weighted by Gasteiger charge is -2.22. The van der Waals surface area contributed by atoms with Crippen molar-refractivity contribution >= 4 is 5.97 Å². The van der Waals surface area contributed by atoms with Crippen LogP contribution in [0.4, 0.5) is 0 Å². The second kappa shape index (κ2) is 12.4. The summed E-state index contributed by atoms with van der Waals surface area (Å²) in [4.78, 5) is 18.8. The van der Waals surface area contributed by atoms with Gasteiger partial charge in [0.1, 0.15) is 5.60 Å². The first-order valence-electron chi connectivity index (χ1n) is 13.2. The molecule has 3 aromatic carbocycles. The predicted molar refractivity (Wildman–Crippen MR) is 153 cm³/mol. The van der Waals surface area contributed by atoms with E-state index in [9.17, 15) is 4.79 Å². The van der Waals surface area contributed by atoms with Crippen molar-refractivity contribution in [2.45, 2.75) is 52.9 Å². The van der Waals surface area contributed by atoms with E-state index in [4.69, 9.17) is 19.0 Å². The Morgan fingerprint density at radius 1 is 0.949 bits per heavy atom. The van der Waals surface area contributed by atoms with Crippen molar-refractivity contribution in [1.29, 1.82) is 0 Å². The number of hydrogen-bond donors (Lipinski definition) is 0. The van der Waals surface area contributed by atoms with Crippen LogP contribution in [0.2, 0.25) is 0 Å². The molecule has 4 aromatic rings. The molecule has 0 atom stereocenters. The van der Waals surface area contributed by atoms with Gasteiger partial charge in [-0.25, -0.2) is 0 Å². The van der Waals surface area contributed by atoms with Gasteiger partial charge in [0, 0.05) is 24.8 Å². The van der Waals surface area contributed by atoms with E-state index >= 15 is 0 Å². The first kappa shape index (κ1) is 28.2. The third kappa shape index (κ3) is 7.40. The molecule has 0 unspecified atom stereocenters. The van der Waals surface area contributed by atoms with Gasteiger partial charge in [-0.1, -0.05) is 60.6 Å². The molecule has 0 fully saturated rings. The van der Waals surface area contributed by atoms with Gasteiger partial charge in [0.15, 0.2) is 0 Å². The summed E-state index contributed by atoms with van der Waals surface area (Å²) in [6.45, 7) is 9.02. The number of methoxy groups -OCH3 is 1. The van der Waals surface area contributed by atoms with Crippen molar-refractivity contribution < 1.29 is 18.8 Å². The van der Waals surface area contributed by atoms with Crippen LogP contribution >= 0.6 is 0 Å². The maximum atomic E-state index is 12.2. The lowest BCUT2D eigenvalue weighted by atomic mass is 9.93. The van der Waals surface area contributed by atoms with Crippen molar-refractivity contribution in [1.82, 2.24) is 15.0 Å². The van der Waals surface area contributed by atoms with Gasteiger partial charge in [-0.3, -0.25) is 9.69 Å². The zero-order chi connectivity index (χ0) is 28.0. The minimum Gasteiger partial charge on any atom is -0.459 e. The summed E-state index contributed by atoms with van der Waals surface area (Å²) in [6.07, 6.45) is 0.952. The van der Waals surface area contributed by atoms with Gasteiger partial charge in [-0.15, -0.1) is 0 Å². The normalized spacial score (nSPS) is 11.7. The molecule has 204 valence electrons. The fraction of sp³-hybridized carbons (Fsp3) is 0.344. The van der Waals surface area contributed by atoms with Crippen LogP contribution in [-0.2, 0) is 33.8 Å². The number of aryl methyl sites for hydroxylation is 1. The first-order valence-corrected chi connectivity index (χ1v) is 13.2. The quantitative estimate of drug-likeness (QED) is 0.216. The number of nitrogens with zero attached hydrogens (tertiary/aromatic N) is 3. The summed E-state index contributed by atoms with van der Waals surface area (Å²) >= 11 is 0. The van der Waals surface area contributed by atoms with Crippen molar-refractivity contribution in [3.63, 3.8) is 0 Å². The highest BCUT2D eigenvalue weighted by molar-refractivity contribution is 5.74. The highest BCUT2D eigenvalue weighted by atomic mass is 16.6. The van der Waals surface area contributed by atoms with E-state index in [1.807, 2.05) is 63.1 Å². The van der Waals surface area contributed by atoms with Crippen LogP contribution in [0.1, 0.15) is 44.4 Å². The van der Waals surface area contributed by atoms with E-state index in [1.165, 1.54) is 11.1 Å². The Morgan fingerprint density at radius 3 is 2.46 bits per heavy atom. The molecule has 7 heteroatoms. The largest absolute Gasteiger partial charge is 0.459 e. The minimum absolute atomic E-state index is 0.205. The third-order valence-corrected chi connectivity index (χ3v) is 6.22. The summed E-state index contributed by atoms with van der Waals surface area (Å²) < 4.78 is 16.6. The summed E-state index contributed by atoms with van der Waals surface area (Å²) in [6, 6.07) is 22.6. The van der Waals surface area contributed by atoms with Crippen molar-refractivity contribution in [2.24, 2.45) is 0 Å². The van der Waals surface area contributed by atoms with Crippen LogP contribution in [0.3, 0.4) is 0 Å². The Kier molecular flexibility index (Phi) is 8.94. The number of ether oxygens (including phenoxy) is 2. The van der Waals surface area contributed by atoms with Gasteiger partial charge in [0.25, 0.3) is 5.89 Å². The molecule has 4 rings (SSSR count). The molecule has 0 N–H and O–H groups in total. The minimum atomic E-state index is -0.501. The molecular weight excluding hydrogens is 490 g/mol. The molecule has 7 nitrogen and oxygen atoms in total. The maximum absolute atomic E-state index is 12.2. The molecule has 0 spiro atoms. The third-order valence-electron chi connectivity index (χ3n) is 6.22. The molecular formula is C32H37N3O4. The molecule has 39 heavy (non-hydrogen) atoms. The molecule has 0 aliphatic rings. The second-order valence-electron chi connectivity index (χ2n) is 10.7. The Bertz CT molecular complexity index is 1420. The Labute approximate surface area is 230 Å². The number of hydrogen-bond acceptors (Lipinski definition) is 7. The van der Waals surface area contributed by atoms with Crippen LogP contribution in [0.15, 0.2) is 71.3 Å². The number of carbonyl (C=O) groups is 1. The van der Waals surface area contributed by atoms with Gasteiger partial charge in [0.05, 0.1) is 13.2 Å². The van der Waals surface area contributed by atoms with Gasteiger partial charge in [-0.05, 0) is 80.3 Å². The summed E-state index contributed by atoms with van der Waals surface area (Å²) in [5.74, 6) is 0.710. The van der Waals surface area contributed by atoms with Crippen molar-refractivity contribution in [3.05, 3.63) is 83.4 Å². The molecule has 0 radical (unpaired) electrons. The Hall–Kier alpha value is -3.81. The van der Waals surface area contributed by atoms with Gasteiger partial charge in [0.2, 0.25) is 5.82 Å².